The molecule has 1 atom stereocenters. The molecule has 1 aromatic rings. The third-order valence-electron chi connectivity index (χ3n) is 6.13. The Kier molecular flexibility index (Phi) is 8.01. The maximum Gasteiger partial charge on any atom is 0.387 e. The number of nitrogens with zero attached hydrogens (tertiary/aromatic N) is 2. The van der Waals surface area contributed by atoms with Gasteiger partial charge in [-0.25, -0.2) is 0 Å². The van der Waals surface area contributed by atoms with Gasteiger partial charge >= 0.3 is 6.61 Å². The van der Waals surface area contributed by atoms with Gasteiger partial charge in [0.1, 0.15) is 5.75 Å². The van der Waals surface area contributed by atoms with E-state index in [1.54, 1.807) is 0 Å². The molecule has 0 radical (unpaired) electrons. The van der Waals surface area contributed by atoms with Gasteiger partial charge in [0, 0.05) is 38.3 Å². The van der Waals surface area contributed by atoms with Crippen LogP contribution in [0, 0.1) is 5.92 Å². The summed E-state index contributed by atoms with van der Waals surface area (Å²) in [6, 6.07) is 5.50. The summed E-state index contributed by atoms with van der Waals surface area (Å²) in [6.07, 6.45) is 6.75. The molecule has 0 aromatic heterocycles. The number of rotatable bonds is 7. The second-order valence-electron chi connectivity index (χ2n) is 8.19. The van der Waals surface area contributed by atoms with Crippen LogP contribution in [0.15, 0.2) is 24.3 Å². The normalized spacial score (nSPS) is 19.5. The summed E-state index contributed by atoms with van der Waals surface area (Å²) >= 11 is 0. The van der Waals surface area contributed by atoms with Crippen molar-refractivity contribution in [3.8, 4) is 5.75 Å². The van der Waals surface area contributed by atoms with Gasteiger partial charge < -0.3 is 15.0 Å². The molecule has 1 saturated carbocycles. The predicted molar refractivity (Wildman–Crippen MR) is 111 cm³/mol. The predicted octanol–water partition coefficient (Wildman–Crippen LogP) is 3.73. The van der Waals surface area contributed by atoms with Crippen molar-refractivity contribution in [3.63, 3.8) is 0 Å². The van der Waals surface area contributed by atoms with Gasteiger partial charge in [0.05, 0.1) is 6.04 Å². The van der Waals surface area contributed by atoms with Crippen molar-refractivity contribution in [2.75, 3.05) is 31.5 Å². The molecule has 2 amide bonds. The molecule has 1 N–H and O–H groups in total. The molecule has 1 unspecified atom stereocenters. The summed E-state index contributed by atoms with van der Waals surface area (Å²) in [4.78, 5) is 29.1. The van der Waals surface area contributed by atoms with Gasteiger partial charge in [-0.1, -0.05) is 19.3 Å². The van der Waals surface area contributed by atoms with Crippen molar-refractivity contribution in [2.24, 2.45) is 5.92 Å². The van der Waals surface area contributed by atoms with E-state index in [1.807, 2.05) is 11.8 Å². The Morgan fingerprint density at radius 3 is 2.30 bits per heavy atom. The third kappa shape index (κ3) is 6.39. The minimum absolute atomic E-state index is 0.0464. The zero-order chi connectivity index (χ0) is 21.5. The third-order valence-corrected chi connectivity index (χ3v) is 6.13. The number of ether oxygens (including phenoxy) is 1. The van der Waals surface area contributed by atoms with Crippen molar-refractivity contribution >= 4 is 17.5 Å². The molecule has 166 valence electrons. The van der Waals surface area contributed by atoms with Gasteiger partial charge in [-0.05, 0) is 49.9 Å². The van der Waals surface area contributed by atoms with Gasteiger partial charge in [-0.15, -0.1) is 0 Å². The largest absolute Gasteiger partial charge is 0.435 e. The Morgan fingerprint density at radius 2 is 1.70 bits per heavy atom. The van der Waals surface area contributed by atoms with Gasteiger partial charge in [0.2, 0.25) is 11.8 Å². The Hall–Kier alpha value is -2.22. The van der Waals surface area contributed by atoms with Gasteiger partial charge in [-0.2, -0.15) is 8.78 Å². The van der Waals surface area contributed by atoms with Crippen LogP contribution >= 0.6 is 0 Å². The highest BCUT2D eigenvalue weighted by Gasteiger charge is 2.28. The lowest BCUT2D eigenvalue weighted by Gasteiger charge is -2.38. The molecule has 2 aliphatic rings. The smallest absolute Gasteiger partial charge is 0.387 e. The van der Waals surface area contributed by atoms with Gasteiger partial charge in [0.15, 0.2) is 0 Å². The molecule has 1 aliphatic carbocycles. The topological polar surface area (TPSA) is 61.9 Å². The summed E-state index contributed by atoms with van der Waals surface area (Å²) in [7, 11) is 0. The van der Waals surface area contributed by atoms with Crippen molar-refractivity contribution in [1.82, 2.24) is 9.80 Å². The molecule has 6 nitrogen and oxygen atoms in total. The van der Waals surface area contributed by atoms with Gasteiger partial charge in [0.25, 0.3) is 0 Å². The lowest BCUT2D eigenvalue weighted by Crippen LogP contribution is -2.54. The Balaban J connectivity index is 1.43. The number of piperazine rings is 1. The molecule has 3 rings (SSSR count). The fourth-order valence-corrected chi connectivity index (χ4v) is 4.26. The number of carbonyl (C=O) groups excluding carboxylic acids is 2. The number of hydrogen-bond acceptors (Lipinski definition) is 4. The van der Waals surface area contributed by atoms with Crippen molar-refractivity contribution in [1.29, 1.82) is 0 Å². The summed E-state index contributed by atoms with van der Waals surface area (Å²) in [5, 5.41) is 2.80. The number of amides is 2. The van der Waals surface area contributed by atoms with Gasteiger partial charge in [-0.3, -0.25) is 14.5 Å². The highest BCUT2D eigenvalue weighted by atomic mass is 19.3. The molecule has 0 bridgehead atoms. The number of alkyl halides is 2. The molecule has 0 spiro atoms. The zero-order valence-electron chi connectivity index (χ0n) is 17.5. The molecule has 2 fully saturated rings. The summed E-state index contributed by atoms with van der Waals surface area (Å²) in [5.74, 6) is 0.654. The van der Waals surface area contributed by atoms with Crippen LogP contribution < -0.4 is 10.1 Å². The first kappa shape index (κ1) is 22.5. The molecular formula is C22H31F2N3O3. The lowest BCUT2D eigenvalue weighted by atomic mass is 9.86. The molecule has 1 heterocycles. The number of nitrogens with one attached hydrogen (secondary N) is 1. The van der Waals surface area contributed by atoms with Crippen molar-refractivity contribution < 1.29 is 23.1 Å². The zero-order valence-corrected chi connectivity index (χ0v) is 17.5. The number of carbonyl (C=O) groups is 2. The molecule has 30 heavy (non-hydrogen) atoms. The number of anilines is 1. The van der Waals surface area contributed by atoms with Crippen molar-refractivity contribution in [3.05, 3.63) is 24.3 Å². The maximum atomic E-state index is 12.6. The van der Waals surface area contributed by atoms with Crippen LogP contribution in [0.25, 0.3) is 0 Å². The van der Waals surface area contributed by atoms with E-state index in [9.17, 15) is 18.4 Å². The Labute approximate surface area is 176 Å². The highest BCUT2D eigenvalue weighted by molar-refractivity contribution is 5.94. The van der Waals surface area contributed by atoms with E-state index in [2.05, 4.69) is 15.0 Å². The first-order valence-corrected chi connectivity index (χ1v) is 10.8. The van der Waals surface area contributed by atoms with E-state index in [1.165, 1.54) is 43.5 Å². The molecular weight excluding hydrogens is 392 g/mol. The van der Waals surface area contributed by atoms with Crippen LogP contribution in [0.4, 0.5) is 14.5 Å². The minimum Gasteiger partial charge on any atom is -0.435 e. The number of halogens is 2. The molecule has 8 heteroatoms. The molecule has 1 aromatic carbocycles. The van der Waals surface area contributed by atoms with Crippen LogP contribution in [0.5, 0.6) is 5.75 Å². The van der Waals surface area contributed by atoms with E-state index in [0.717, 1.165) is 12.8 Å². The van der Waals surface area contributed by atoms with E-state index in [0.29, 0.717) is 44.2 Å². The standard InChI is InChI=1S/C22H31F2N3O3/c1-16(21(29)25-18-7-9-19(10-8-18)30-22(23)24)26-11-13-27(14-12-26)20(28)15-17-5-3-2-4-6-17/h7-10,16-17,22H,2-6,11-15H2,1H3,(H,25,29). The number of hydrogen-bond donors (Lipinski definition) is 1. The van der Waals surface area contributed by atoms with Crippen LogP contribution in [-0.4, -0.2) is 60.4 Å². The fraction of sp³-hybridized carbons (Fsp3) is 0.636. The van der Waals surface area contributed by atoms with E-state index in [4.69, 9.17) is 0 Å². The average molecular weight is 424 g/mol. The highest BCUT2D eigenvalue weighted by Crippen LogP contribution is 2.27. The van der Waals surface area contributed by atoms with Crippen LogP contribution in [-0.2, 0) is 9.59 Å². The van der Waals surface area contributed by atoms with E-state index < -0.39 is 6.61 Å². The maximum absolute atomic E-state index is 12.6. The second-order valence-corrected chi connectivity index (χ2v) is 8.19. The Morgan fingerprint density at radius 1 is 1.07 bits per heavy atom. The van der Waals surface area contributed by atoms with Crippen LogP contribution in [0.3, 0.4) is 0 Å². The van der Waals surface area contributed by atoms with Crippen LogP contribution in [0.2, 0.25) is 0 Å². The first-order chi connectivity index (χ1) is 14.4. The monoisotopic (exact) mass is 423 g/mol. The first-order valence-electron chi connectivity index (χ1n) is 10.8. The summed E-state index contributed by atoms with van der Waals surface area (Å²) in [5.41, 5.74) is 0.523. The Bertz CT molecular complexity index is 700. The SMILES string of the molecule is CC(C(=O)Nc1ccc(OC(F)F)cc1)N1CCN(C(=O)CC2CCCCC2)CC1. The molecule has 1 aliphatic heterocycles. The minimum atomic E-state index is -2.88. The molecule has 1 saturated heterocycles. The lowest BCUT2D eigenvalue weighted by molar-refractivity contribution is -0.135. The summed E-state index contributed by atoms with van der Waals surface area (Å²) < 4.78 is 28.7. The quantitative estimate of drug-likeness (QED) is 0.726. The second kappa shape index (κ2) is 10.7. The fourth-order valence-electron chi connectivity index (χ4n) is 4.26. The number of benzene rings is 1. The summed E-state index contributed by atoms with van der Waals surface area (Å²) in [6.45, 7) is 1.56. The van der Waals surface area contributed by atoms with Crippen molar-refractivity contribution in [2.45, 2.75) is 58.1 Å². The van der Waals surface area contributed by atoms with Crippen LogP contribution in [0.1, 0.15) is 45.4 Å². The van der Waals surface area contributed by atoms with E-state index >= 15 is 0 Å². The average Bonchev–Trinajstić information content (AvgIpc) is 2.75. The van der Waals surface area contributed by atoms with E-state index in [-0.39, 0.29) is 23.6 Å².